The highest BCUT2D eigenvalue weighted by molar-refractivity contribution is 5.79. The third kappa shape index (κ3) is 8.34. The number of nitrogens with zero attached hydrogens (tertiary/aromatic N) is 1. The van der Waals surface area contributed by atoms with Gasteiger partial charge in [-0.2, -0.15) is 26.3 Å². The number of imidazole rings is 1. The van der Waals surface area contributed by atoms with Crippen LogP contribution in [0.2, 0.25) is 0 Å². The average molecular weight is 451 g/mol. The molecule has 5 N–H and O–H groups in total. The highest BCUT2D eigenvalue weighted by Gasteiger charge is 2.38. The van der Waals surface area contributed by atoms with E-state index >= 15 is 0 Å². The molecular weight excluding hydrogens is 436 g/mol. The number of aromatic nitrogens is 2. The predicted octanol–water partition coefficient (Wildman–Crippen LogP) is 3.96. The Morgan fingerprint density at radius 2 is 1.32 bits per heavy atom. The summed E-state index contributed by atoms with van der Waals surface area (Å²) in [5, 5.41) is 14.2. The molecule has 31 heavy (non-hydrogen) atoms. The first-order valence-corrected chi connectivity index (χ1v) is 8.10. The molecule has 0 aliphatic rings. The lowest BCUT2D eigenvalue weighted by Crippen LogP contribution is -2.21. The van der Waals surface area contributed by atoms with Crippen molar-refractivity contribution in [1.82, 2.24) is 9.97 Å². The Hall–Kier alpha value is -3.61. The normalized spacial score (nSPS) is 11.1. The maximum Gasteiger partial charge on any atom is 0.490 e. The third-order valence-electron chi connectivity index (χ3n) is 3.34. The molecule has 0 unspecified atom stereocenters. The summed E-state index contributed by atoms with van der Waals surface area (Å²) in [6.45, 7) is 0.570. The van der Waals surface area contributed by atoms with Crippen LogP contribution in [0.25, 0.3) is 22.4 Å². The number of hydrogen-bond donors (Lipinski definition) is 4. The fourth-order valence-electron chi connectivity index (χ4n) is 1.89. The number of hydrogen-bond acceptors (Lipinski definition) is 4. The minimum atomic E-state index is -5.08. The number of alkyl halides is 6. The second-order valence-electron chi connectivity index (χ2n) is 5.61. The lowest BCUT2D eigenvalue weighted by Gasteiger charge is -1.98. The van der Waals surface area contributed by atoms with Gasteiger partial charge in [-0.1, -0.05) is 36.4 Å². The van der Waals surface area contributed by atoms with Gasteiger partial charge >= 0.3 is 24.3 Å². The lowest BCUT2D eigenvalue weighted by molar-refractivity contribution is -0.193. The van der Waals surface area contributed by atoms with Crippen LogP contribution in [0.1, 0.15) is 5.56 Å². The van der Waals surface area contributed by atoms with Crippen molar-refractivity contribution in [1.29, 1.82) is 0 Å². The number of nitrogens with two attached hydrogens (primary N) is 1. The zero-order valence-electron chi connectivity index (χ0n) is 15.3. The quantitative estimate of drug-likeness (QED) is 0.437. The summed E-state index contributed by atoms with van der Waals surface area (Å²) in [5.41, 5.74) is 9.84. The van der Waals surface area contributed by atoms with Crippen molar-refractivity contribution in [3.63, 3.8) is 0 Å². The summed E-state index contributed by atoms with van der Waals surface area (Å²) in [7, 11) is 0. The number of carboxylic acids is 2. The topological polar surface area (TPSA) is 129 Å². The van der Waals surface area contributed by atoms with Gasteiger partial charge in [-0.3, -0.25) is 0 Å². The highest BCUT2D eigenvalue weighted by Crippen LogP contribution is 2.20. The Morgan fingerprint density at radius 1 is 0.871 bits per heavy atom. The summed E-state index contributed by atoms with van der Waals surface area (Å²) >= 11 is 0. The Kier molecular flexibility index (Phi) is 8.55. The molecule has 3 aromatic rings. The molecule has 0 saturated carbocycles. The van der Waals surface area contributed by atoms with Gasteiger partial charge in [0, 0.05) is 12.1 Å². The Bertz CT molecular complexity index is 957. The second-order valence-corrected chi connectivity index (χ2v) is 5.61. The van der Waals surface area contributed by atoms with E-state index in [1.807, 2.05) is 48.5 Å². The Labute approximate surface area is 170 Å². The second kappa shape index (κ2) is 10.4. The van der Waals surface area contributed by atoms with Crippen molar-refractivity contribution in [3.05, 3.63) is 54.1 Å². The van der Waals surface area contributed by atoms with Crippen molar-refractivity contribution >= 4 is 23.0 Å². The highest BCUT2D eigenvalue weighted by atomic mass is 19.4. The number of carbonyl (C=O) groups is 2. The van der Waals surface area contributed by atoms with Crippen LogP contribution in [0.15, 0.2) is 48.5 Å². The van der Waals surface area contributed by atoms with Gasteiger partial charge in [0.15, 0.2) is 0 Å². The molecular formula is C18H15F6N3O4. The van der Waals surface area contributed by atoms with Crippen LogP contribution in [-0.2, 0) is 16.1 Å². The van der Waals surface area contributed by atoms with Crippen molar-refractivity contribution in [2.75, 3.05) is 0 Å². The maximum atomic E-state index is 10.6. The van der Waals surface area contributed by atoms with E-state index in [2.05, 4.69) is 9.97 Å². The molecule has 3 rings (SSSR count). The van der Waals surface area contributed by atoms with Crippen molar-refractivity contribution in [3.8, 4) is 11.4 Å². The smallest absolute Gasteiger partial charge is 0.475 e. The molecule has 7 nitrogen and oxygen atoms in total. The average Bonchev–Trinajstić information content (AvgIpc) is 3.12. The zero-order chi connectivity index (χ0) is 23.8. The minimum absolute atomic E-state index is 0.570. The standard InChI is InChI=1S/C14H13N3.2C2HF3O2/c15-9-10-5-7-11(8-6-10)14-16-12-3-1-2-4-13(12)17-14;2*3-2(4,5)1(6)7/h1-8H,9,15H2,(H,16,17);2*(H,6,7). The van der Waals surface area contributed by atoms with Crippen LogP contribution in [0.5, 0.6) is 0 Å². The van der Waals surface area contributed by atoms with E-state index in [0.717, 1.165) is 28.0 Å². The van der Waals surface area contributed by atoms with Gasteiger partial charge in [0.1, 0.15) is 5.82 Å². The molecule has 168 valence electrons. The molecule has 0 aliphatic heterocycles. The Morgan fingerprint density at radius 3 is 1.71 bits per heavy atom. The molecule has 0 spiro atoms. The van der Waals surface area contributed by atoms with Crippen LogP contribution in [-0.4, -0.2) is 44.5 Å². The van der Waals surface area contributed by atoms with Crippen molar-refractivity contribution in [2.45, 2.75) is 18.9 Å². The number of aromatic amines is 1. The monoisotopic (exact) mass is 451 g/mol. The molecule has 1 heterocycles. The zero-order valence-corrected chi connectivity index (χ0v) is 15.3. The molecule has 0 fully saturated rings. The molecule has 0 amide bonds. The largest absolute Gasteiger partial charge is 0.490 e. The molecule has 0 aliphatic carbocycles. The number of nitrogens with one attached hydrogen (secondary N) is 1. The van der Waals surface area contributed by atoms with Crippen LogP contribution < -0.4 is 5.73 Å². The van der Waals surface area contributed by atoms with Gasteiger partial charge in [-0.25, -0.2) is 14.6 Å². The Balaban J connectivity index is 0.000000288. The molecule has 0 saturated heterocycles. The number of halogens is 6. The molecule has 0 atom stereocenters. The van der Waals surface area contributed by atoms with Crippen LogP contribution in [0.3, 0.4) is 0 Å². The fraction of sp³-hybridized carbons (Fsp3) is 0.167. The summed E-state index contributed by atoms with van der Waals surface area (Å²) in [4.78, 5) is 25.7. The van der Waals surface area contributed by atoms with Crippen molar-refractivity contribution < 1.29 is 46.1 Å². The predicted molar refractivity (Wildman–Crippen MR) is 96.8 cm³/mol. The van der Waals surface area contributed by atoms with E-state index in [1.165, 1.54) is 0 Å². The SMILES string of the molecule is NCc1ccc(-c2nc3ccccc3[nH]2)cc1.O=C(O)C(F)(F)F.O=C(O)C(F)(F)F. The number of H-pyrrole nitrogens is 1. The van der Waals surface area contributed by atoms with Gasteiger partial charge < -0.3 is 20.9 Å². The summed E-state index contributed by atoms with van der Waals surface area (Å²) in [5.74, 6) is -4.62. The number of para-hydroxylation sites is 2. The summed E-state index contributed by atoms with van der Waals surface area (Å²) in [6.07, 6.45) is -10.2. The van der Waals surface area contributed by atoms with Crippen LogP contribution in [0.4, 0.5) is 26.3 Å². The van der Waals surface area contributed by atoms with E-state index in [1.54, 1.807) is 0 Å². The number of aliphatic carboxylic acids is 2. The van der Waals surface area contributed by atoms with E-state index in [9.17, 15) is 26.3 Å². The van der Waals surface area contributed by atoms with E-state index in [-0.39, 0.29) is 0 Å². The maximum absolute atomic E-state index is 10.6. The number of carboxylic acid groups (broad SMARTS) is 2. The number of fused-ring (bicyclic) bond motifs is 1. The molecule has 0 bridgehead atoms. The third-order valence-corrected chi connectivity index (χ3v) is 3.34. The molecule has 0 radical (unpaired) electrons. The first-order valence-electron chi connectivity index (χ1n) is 8.10. The van der Waals surface area contributed by atoms with Crippen LogP contribution in [0, 0.1) is 0 Å². The van der Waals surface area contributed by atoms with Gasteiger partial charge in [-0.15, -0.1) is 0 Å². The van der Waals surface area contributed by atoms with Gasteiger partial charge in [0.25, 0.3) is 0 Å². The van der Waals surface area contributed by atoms with Gasteiger partial charge in [0.05, 0.1) is 11.0 Å². The van der Waals surface area contributed by atoms with Crippen LogP contribution >= 0.6 is 0 Å². The van der Waals surface area contributed by atoms with Gasteiger partial charge in [0.2, 0.25) is 0 Å². The first kappa shape index (κ1) is 25.4. The van der Waals surface area contributed by atoms with E-state index in [0.29, 0.717) is 6.54 Å². The lowest BCUT2D eigenvalue weighted by atomic mass is 10.1. The number of rotatable bonds is 2. The van der Waals surface area contributed by atoms with Crippen molar-refractivity contribution in [2.24, 2.45) is 5.73 Å². The summed E-state index contributed by atoms with van der Waals surface area (Å²) < 4.78 is 63.5. The molecule has 1 aromatic heterocycles. The van der Waals surface area contributed by atoms with Gasteiger partial charge in [-0.05, 0) is 17.7 Å². The first-order chi connectivity index (χ1) is 14.3. The molecule has 13 heteroatoms. The fourth-order valence-corrected chi connectivity index (χ4v) is 1.89. The number of benzene rings is 2. The summed E-state index contributed by atoms with van der Waals surface area (Å²) in [6, 6.07) is 16.2. The molecule has 2 aromatic carbocycles. The van der Waals surface area contributed by atoms with E-state index in [4.69, 9.17) is 25.5 Å². The van der Waals surface area contributed by atoms with E-state index < -0.39 is 24.3 Å². The minimum Gasteiger partial charge on any atom is -0.475 e.